The summed E-state index contributed by atoms with van der Waals surface area (Å²) in [5.41, 5.74) is 8.96. The average molecular weight is 375 g/mol. The maximum absolute atomic E-state index is 6.27. The van der Waals surface area contributed by atoms with Gasteiger partial charge >= 0.3 is 0 Å². The molecule has 3 aromatic heterocycles. The second kappa shape index (κ2) is 6.05. The van der Waals surface area contributed by atoms with E-state index >= 15 is 0 Å². The molecule has 7 heteroatoms. The minimum Gasteiger partial charge on any atom is -0.456 e. The van der Waals surface area contributed by atoms with Crippen molar-refractivity contribution in [3.05, 3.63) is 42.9 Å². The number of epoxide rings is 1. The summed E-state index contributed by atoms with van der Waals surface area (Å²) >= 11 is 0. The molecule has 4 aromatic rings. The van der Waals surface area contributed by atoms with Gasteiger partial charge in [0.25, 0.3) is 0 Å². The molecule has 2 N–H and O–H groups in total. The van der Waals surface area contributed by atoms with Crippen LogP contribution in [-0.4, -0.2) is 51.8 Å². The Bertz CT molecular complexity index is 1140. The van der Waals surface area contributed by atoms with Crippen LogP contribution < -0.4 is 5.73 Å². The van der Waals surface area contributed by atoms with Crippen LogP contribution in [0.2, 0.25) is 0 Å². The van der Waals surface area contributed by atoms with Crippen LogP contribution in [-0.2, 0) is 4.74 Å². The van der Waals surface area contributed by atoms with Crippen LogP contribution in [0.25, 0.3) is 33.3 Å². The predicted octanol–water partition coefficient (Wildman–Crippen LogP) is 3.07. The van der Waals surface area contributed by atoms with Crippen molar-refractivity contribution in [2.75, 3.05) is 32.0 Å². The van der Waals surface area contributed by atoms with Crippen LogP contribution in [0, 0.1) is 0 Å². The number of nitrogen functional groups attached to an aromatic ring is 1. The second-order valence-corrected chi connectivity index (χ2v) is 7.71. The van der Waals surface area contributed by atoms with Crippen LogP contribution in [0.3, 0.4) is 0 Å². The minimum atomic E-state index is 0.355. The van der Waals surface area contributed by atoms with Gasteiger partial charge in [-0.1, -0.05) is 18.2 Å². The lowest BCUT2D eigenvalue weighted by Gasteiger charge is -2.16. The summed E-state index contributed by atoms with van der Waals surface area (Å²) in [7, 11) is 0. The Hall–Kier alpha value is -2.90. The fourth-order valence-electron chi connectivity index (χ4n) is 4.35. The highest BCUT2D eigenvalue weighted by atomic mass is 16.6. The lowest BCUT2D eigenvalue weighted by Crippen LogP contribution is -2.25. The number of nitrogens with zero attached hydrogens (tertiary/aromatic N) is 4. The Labute approximate surface area is 161 Å². The average Bonchev–Trinajstić information content (AvgIpc) is 3.09. The lowest BCUT2D eigenvalue weighted by atomic mass is 10.1. The van der Waals surface area contributed by atoms with Gasteiger partial charge in [-0.3, -0.25) is 4.90 Å². The van der Waals surface area contributed by atoms with E-state index in [-0.39, 0.29) is 0 Å². The molecule has 2 saturated heterocycles. The topological polar surface area (TPSA) is 85.6 Å². The smallest absolute Gasteiger partial charge is 0.146 e. The third-order valence-electron chi connectivity index (χ3n) is 5.83. The van der Waals surface area contributed by atoms with Crippen molar-refractivity contribution >= 4 is 27.8 Å². The summed E-state index contributed by atoms with van der Waals surface area (Å²) in [4.78, 5) is 11.3. The molecule has 0 radical (unpaired) electrons. The van der Waals surface area contributed by atoms with E-state index in [2.05, 4.69) is 37.8 Å². The van der Waals surface area contributed by atoms with E-state index in [1.165, 1.54) is 0 Å². The molecule has 2 aliphatic rings. The molecule has 7 nitrogen and oxygen atoms in total. The molecule has 2 atom stereocenters. The largest absolute Gasteiger partial charge is 0.456 e. The summed E-state index contributed by atoms with van der Waals surface area (Å²) in [5.74, 6) is 1.29. The van der Waals surface area contributed by atoms with Gasteiger partial charge in [0, 0.05) is 42.8 Å². The zero-order valence-corrected chi connectivity index (χ0v) is 15.4. The van der Waals surface area contributed by atoms with E-state index in [0.717, 1.165) is 66.0 Å². The number of aromatic nitrogens is 3. The first kappa shape index (κ1) is 16.1. The molecule has 1 aromatic carbocycles. The first-order chi connectivity index (χ1) is 13.8. The van der Waals surface area contributed by atoms with E-state index in [1.54, 1.807) is 6.33 Å². The molecule has 6 rings (SSSR count). The molecule has 0 amide bonds. The third-order valence-corrected chi connectivity index (χ3v) is 5.83. The summed E-state index contributed by atoms with van der Waals surface area (Å²) in [6.45, 7) is 3.98. The predicted molar refractivity (Wildman–Crippen MR) is 107 cm³/mol. The van der Waals surface area contributed by atoms with Crippen molar-refractivity contribution in [3.8, 4) is 11.3 Å². The summed E-state index contributed by atoms with van der Waals surface area (Å²) in [5, 5.41) is 1.94. The van der Waals surface area contributed by atoms with Crippen molar-refractivity contribution in [3.63, 3.8) is 0 Å². The van der Waals surface area contributed by atoms with Crippen molar-refractivity contribution in [1.29, 1.82) is 0 Å². The van der Waals surface area contributed by atoms with Gasteiger partial charge in [-0.05, 0) is 18.6 Å². The molecular weight excluding hydrogens is 354 g/mol. The highest BCUT2D eigenvalue weighted by molar-refractivity contribution is 6.01. The van der Waals surface area contributed by atoms with Crippen LogP contribution >= 0.6 is 0 Å². The normalized spacial score (nSPS) is 22.4. The monoisotopic (exact) mass is 375 g/mol. The zero-order valence-electron chi connectivity index (χ0n) is 15.4. The Kier molecular flexibility index (Phi) is 3.48. The Balaban J connectivity index is 1.45. The van der Waals surface area contributed by atoms with Gasteiger partial charge in [0.05, 0.1) is 18.1 Å². The molecule has 0 unspecified atom stereocenters. The maximum Gasteiger partial charge on any atom is 0.146 e. The Morgan fingerprint density at radius 1 is 1.21 bits per heavy atom. The molecule has 28 heavy (non-hydrogen) atoms. The number of furan rings is 1. The van der Waals surface area contributed by atoms with Crippen LogP contribution in [0.4, 0.5) is 5.82 Å². The SMILES string of the molecule is Nc1ncnc2c1c(-c1cc3ccccc3o1)cn2[C@H]1CCN(C[C@H]2CO2)C1. The van der Waals surface area contributed by atoms with E-state index in [4.69, 9.17) is 14.9 Å². The molecule has 2 aliphatic heterocycles. The quantitative estimate of drug-likeness (QED) is 0.552. The number of nitrogens with two attached hydrogens (primary N) is 1. The van der Waals surface area contributed by atoms with Gasteiger partial charge < -0.3 is 19.5 Å². The van der Waals surface area contributed by atoms with Crippen molar-refractivity contribution in [2.45, 2.75) is 18.6 Å². The van der Waals surface area contributed by atoms with Gasteiger partial charge in [-0.15, -0.1) is 0 Å². The molecule has 2 fully saturated rings. The second-order valence-electron chi connectivity index (χ2n) is 7.71. The van der Waals surface area contributed by atoms with E-state index < -0.39 is 0 Å². The fourth-order valence-corrected chi connectivity index (χ4v) is 4.35. The molecule has 0 aliphatic carbocycles. The number of likely N-dealkylation sites (tertiary alicyclic amines) is 1. The molecule has 0 saturated carbocycles. The zero-order chi connectivity index (χ0) is 18.7. The van der Waals surface area contributed by atoms with Gasteiger partial charge in [0.2, 0.25) is 0 Å². The highest BCUT2D eigenvalue weighted by Gasteiger charge is 2.32. The van der Waals surface area contributed by atoms with Crippen molar-refractivity contribution in [1.82, 2.24) is 19.4 Å². The minimum absolute atomic E-state index is 0.355. The molecule has 142 valence electrons. The number of fused-ring (bicyclic) bond motifs is 2. The highest BCUT2D eigenvalue weighted by Crippen LogP contribution is 2.38. The maximum atomic E-state index is 6.27. The first-order valence-electron chi connectivity index (χ1n) is 9.70. The van der Waals surface area contributed by atoms with Crippen molar-refractivity contribution < 1.29 is 9.15 Å². The number of hydrogen-bond acceptors (Lipinski definition) is 6. The lowest BCUT2D eigenvalue weighted by molar-refractivity contribution is 0.278. The fraction of sp³-hybridized carbons (Fsp3) is 0.333. The van der Waals surface area contributed by atoms with Crippen molar-refractivity contribution in [2.24, 2.45) is 0 Å². The summed E-state index contributed by atoms with van der Waals surface area (Å²) < 4.78 is 13.8. The summed E-state index contributed by atoms with van der Waals surface area (Å²) in [6.07, 6.45) is 5.18. The van der Waals surface area contributed by atoms with Gasteiger partial charge in [0.15, 0.2) is 0 Å². The molecule has 5 heterocycles. The van der Waals surface area contributed by atoms with Gasteiger partial charge in [-0.2, -0.15) is 0 Å². The summed E-state index contributed by atoms with van der Waals surface area (Å²) in [6, 6.07) is 10.4. The van der Waals surface area contributed by atoms with E-state index in [9.17, 15) is 0 Å². The number of ether oxygens (including phenoxy) is 1. The van der Waals surface area contributed by atoms with Gasteiger partial charge in [-0.25, -0.2) is 9.97 Å². The first-order valence-corrected chi connectivity index (χ1v) is 9.70. The van der Waals surface area contributed by atoms with Crippen LogP contribution in [0.15, 0.2) is 47.3 Å². The molecule has 0 spiro atoms. The number of para-hydroxylation sites is 1. The Morgan fingerprint density at radius 2 is 2.11 bits per heavy atom. The number of rotatable bonds is 4. The standard InChI is InChI=1S/C21H21N5O2/c22-20-19-16(18-7-13-3-1-2-4-17(13)28-18)10-26(21(19)24-12-23-20)14-5-6-25(8-14)9-15-11-27-15/h1-4,7,10,12,14-15H,5-6,8-9,11H2,(H2,22,23,24)/t14-,15-/m0/s1. The third kappa shape index (κ3) is 2.58. The number of hydrogen-bond donors (Lipinski definition) is 1. The Morgan fingerprint density at radius 3 is 2.96 bits per heavy atom. The van der Waals surface area contributed by atoms with Crippen LogP contribution in [0.1, 0.15) is 12.5 Å². The molecule has 0 bridgehead atoms. The van der Waals surface area contributed by atoms with Gasteiger partial charge in [0.1, 0.15) is 29.1 Å². The number of benzene rings is 1. The number of anilines is 1. The van der Waals surface area contributed by atoms with E-state index in [1.807, 2.05) is 18.2 Å². The van der Waals surface area contributed by atoms with Crippen LogP contribution in [0.5, 0.6) is 0 Å². The van der Waals surface area contributed by atoms with E-state index in [0.29, 0.717) is 18.0 Å². The molecular formula is C21H21N5O2.